The van der Waals surface area contributed by atoms with Crippen LogP contribution in [0.25, 0.3) is 10.9 Å². The summed E-state index contributed by atoms with van der Waals surface area (Å²) in [4.78, 5) is 6.40. The third-order valence-electron chi connectivity index (χ3n) is 6.13. The number of benzene rings is 1. The molecular weight excluding hydrogens is 274 g/mol. The highest BCUT2D eigenvalue weighted by Gasteiger charge is 2.50. The monoisotopic (exact) mass is 297 g/mol. The lowest BCUT2D eigenvalue weighted by atomic mass is 9.68. The number of rotatable bonds is 1. The lowest BCUT2D eigenvalue weighted by Crippen LogP contribution is -2.65. The lowest BCUT2D eigenvalue weighted by molar-refractivity contribution is -0.00234. The molecule has 2 aromatic rings. The molecule has 4 aliphatic rings. The van der Waals surface area contributed by atoms with Crippen molar-refractivity contribution < 1.29 is 4.74 Å². The van der Waals surface area contributed by atoms with Gasteiger partial charge >= 0.3 is 0 Å². The van der Waals surface area contributed by atoms with Crippen LogP contribution < -0.4 is 10.1 Å². The van der Waals surface area contributed by atoms with Crippen LogP contribution in [0.15, 0.2) is 18.2 Å². The second kappa shape index (κ2) is 4.49. The maximum Gasteiger partial charge on any atom is 0.119 e. The third kappa shape index (κ3) is 1.60. The van der Waals surface area contributed by atoms with Gasteiger partial charge in [0.15, 0.2) is 0 Å². The Morgan fingerprint density at radius 3 is 2.86 bits per heavy atom. The van der Waals surface area contributed by atoms with E-state index in [0.717, 1.165) is 31.2 Å². The number of aromatic amines is 1. The topological polar surface area (TPSA) is 40.3 Å². The quantitative estimate of drug-likeness (QED) is 0.848. The minimum absolute atomic E-state index is 0.149. The van der Waals surface area contributed by atoms with Crippen LogP contribution in [0, 0.1) is 5.92 Å². The molecule has 1 aromatic heterocycles. The molecule has 3 fully saturated rings. The molecule has 2 N–H and O–H groups in total. The summed E-state index contributed by atoms with van der Waals surface area (Å²) in [5, 5.41) is 5.26. The van der Waals surface area contributed by atoms with E-state index in [9.17, 15) is 0 Å². The Morgan fingerprint density at radius 2 is 2.14 bits per heavy atom. The number of hydrogen-bond donors (Lipinski definition) is 2. The van der Waals surface area contributed by atoms with Gasteiger partial charge in [-0.1, -0.05) is 0 Å². The zero-order chi connectivity index (χ0) is 14.7. The Balaban J connectivity index is 1.71. The standard InChI is InChI=1S/C18H23N3O/c1-22-13-2-3-16-15(10-13)14-4-7-19-18(17(14)20-16)11-21-8-5-12(18)6-9-21/h2-3,10,12,19-20H,4-9,11H2,1H3/t18-/m0/s1. The van der Waals surface area contributed by atoms with Crippen LogP contribution in [0.2, 0.25) is 0 Å². The van der Waals surface area contributed by atoms with Crippen molar-refractivity contribution in [1.29, 1.82) is 0 Å². The molecule has 1 atom stereocenters. The summed E-state index contributed by atoms with van der Waals surface area (Å²) in [6.07, 6.45) is 3.76. The predicted molar refractivity (Wildman–Crippen MR) is 87.4 cm³/mol. The Labute approximate surface area is 130 Å². The first-order valence-corrected chi connectivity index (χ1v) is 8.46. The van der Waals surface area contributed by atoms with Gasteiger partial charge in [0.05, 0.1) is 12.6 Å². The molecule has 0 saturated carbocycles. The third-order valence-corrected chi connectivity index (χ3v) is 6.13. The molecule has 6 rings (SSSR count). The molecular formula is C18H23N3O. The van der Waals surface area contributed by atoms with E-state index >= 15 is 0 Å². The molecule has 0 aliphatic carbocycles. The molecule has 0 unspecified atom stereocenters. The van der Waals surface area contributed by atoms with Crippen molar-refractivity contribution in [2.75, 3.05) is 33.3 Å². The van der Waals surface area contributed by atoms with Crippen LogP contribution in [0.4, 0.5) is 0 Å². The summed E-state index contributed by atoms with van der Waals surface area (Å²) in [5.41, 5.74) is 4.37. The maximum atomic E-state index is 5.43. The van der Waals surface area contributed by atoms with Crippen LogP contribution in [0.5, 0.6) is 5.75 Å². The van der Waals surface area contributed by atoms with Crippen molar-refractivity contribution in [3.8, 4) is 5.75 Å². The molecule has 0 amide bonds. The molecule has 1 spiro atoms. The van der Waals surface area contributed by atoms with E-state index in [-0.39, 0.29) is 5.54 Å². The van der Waals surface area contributed by atoms with Crippen LogP contribution in [-0.4, -0.2) is 43.2 Å². The van der Waals surface area contributed by atoms with E-state index in [0.29, 0.717) is 0 Å². The van der Waals surface area contributed by atoms with Crippen molar-refractivity contribution in [1.82, 2.24) is 15.2 Å². The van der Waals surface area contributed by atoms with Crippen molar-refractivity contribution in [2.24, 2.45) is 5.92 Å². The Kier molecular flexibility index (Phi) is 2.65. The predicted octanol–water partition coefficient (Wildman–Crippen LogP) is 2.24. The molecule has 22 heavy (non-hydrogen) atoms. The number of nitrogens with one attached hydrogen (secondary N) is 2. The summed E-state index contributed by atoms with van der Waals surface area (Å²) in [6, 6.07) is 6.42. The van der Waals surface area contributed by atoms with Gasteiger partial charge in [0, 0.05) is 29.7 Å². The van der Waals surface area contributed by atoms with Gasteiger partial charge in [-0.05, 0) is 62.0 Å². The number of ether oxygens (including phenoxy) is 1. The SMILES string of the molecule is COc1ccc2[nH]c3c(c2c1)CCN[C@]31CN2CCC1CC2. The zero-order valence-electron chi connectivity index (χ0n) is 13.1. The summed E-state index contributed by atoms with van der Waals surface area (Å²) >= 11 is 0. The highest BCUT2D eigenvalue weighted by atomic mass is 16.5. The average molecular weight is 297 g/mol. The van der Waals surface area contributed by atoms with Gasteiger partial charge in [-0.2, -0.15) is 0 Å². The number of methoxy groups -OCH3 is 1. The van der Waals surface area contributed by atoms with Crippen molar-refractivity contribution >= 4 is 10.9 Å². The minimum Gasteiger partial charge on any atom is -0.497 e. The Hall–Kier alpha value is -1.52. The number of nitrogens with zero attached hydrogens (tertiary/aromatic N) is 1. The van der Waals surface area contributed by atoms with E-state index in [2.05, 4.69) is 33.4 Å². The molecule has 5 heterocycles. The van der Waals surface area contributed by atoms with Gasteiger partial charge in [-0.25, -0.2) is 0 Å². The first-order chi connectivity index (χ1) is 10.8. The summed E-state index contributed by atoms with van der Waals surface area (Å²) in [7, 11) is 1.75. The van der Waals surface area contributed by atoms with Gasteiger partial charge in [0.25, 0.3) is 0 Å². The molecule has 0 radical (unpaired) electrons. The summed E-state index contributed by atoms with van der Waals surface area (Å²) in [5.74, 6) is 1.72. The fourth-order valence-electron chi connectivity index (χ4n) is 5.04. The van der Waals surface area contributed by atoms with Gasteiger partial charge in [0.1, 0.15) is 5.75 Å². The van der Waals surface area contributed by atoms with Crippen molar-refractivity contribution in [2.45, 2.75) is 24.8 Å². The maximum absolute atomic E-state index is 5.43. The van der Waals surface area contributed by atoms with E-state index in [1.807, 2.05) is 0 Å². The number of fused-ring (bicyclic) bond motifs is 5. The van der Waals surface area contributed by atoms with Gasteiger partial charge in [-0.15, -0.1) is 0 Å². The molecule has 4 nitrogen and oxygen atoms in total. The second-order valence-electron chi connectivity index (χ2n) is 7.09. The highest BCUT2D eigenvalue weighted by Crippen LogP contribution is 2.46. The Morgan fingerprint density at radius 1 is 1.27 bits per heavy atom. The first kappa shape index (κ1) is 13.0. The van der Waals surface area contributed by atoms with Gasteiger partial charge in [0.2, 0.25) is 0 Å². The number of hydrogen-bond acceptors (Lipinski definition) is 3. The van der Waals surface area contributed by atoms with Crippen molar-refractivity contribution in [3.05, 3.63) is 29.5 Å². The second-order valence-corrected chi connectivity index (χ2v) is 7.09. The number of H-pyrrole nitrogens is 1. The van der Waals surface area contributed by atoms with Crippen LogP contribution >= 0.6 is 0 Å². The Bertz CT molecular complexity index is 729. The normalized spacial score (nSPS) is 33.3. The largest absolute Gasteiger partial charge is 0.497 e. The molecule has 2 bridgehead atoms. The molecule has 3 saturated heterocycles. The fraction of sp³-hybridized carbons (Fsp3) is 0.556. The first-order valence-electron chi connectivity index (χ1n) is 8.46. The van der Waals surface area contributed by atoms with Crippen LogP contribution in [-0.2, 0) is 12.0 Å². The van der Waals surface area contributed by atoms with E-state index in [1.165, 1.54) is 48.1 Å². The van der Waals surface area contributed by atoms with E-state index in [4.69, 9.17) is 4.74 Å². The van der Waals surface area contributed by atoms with Crippen molar-refractivity contribution in [3.63, 3.8) is 0 Å². The van der Waals surface area contributed by atoms with Gasteiger partial charge in [-0.3, -0.25) is 0 Å². The molecule has 4 heteroatoms. The minimum atomic E-state index is 0.149. The fourth-order valence-corrected chi connectivity index (χ4v) is 5.04. The number of aromatic nitrogens is 1. The molecule has 116 valence electrons. The summed E-state index contributed by atoms with van der Waals surface area (Å²) in [6.45, 7) is 4.80. The van der Waals surface area contributed by atoms with Crippen LogP contribution in [0.3, 0.4) is 0 Å². The molecule has 4 aliphatic heterocycles. The zero-order valence-corrected chi connectivity index (χ0v) is 13.1. The van der Waals surface area contributed by atoms with Gasteiger partial charge < -0.3 is 19.9 Å². The molecule has 1 aromatic carbocycles. The van der Waals surface area contributed by atoms with E-state index < -0.39 is 0 Å². The lowest BCUT2D eigenvalue weighted by Gasteiger charge is -2.55. The number of piperidine rings is 3. The van der Waals surface area contributed by atoms with E-state index in [1.54, 1.807) is 7.11 Å². The smallest absolute Gasteiger partial charge is 0.119 e. The average Bonchev–Trinajstić information content (AvgIpc) is 2.95. The highest BCUT2D eigenvalue weighted by molar-refractivity contribution is 5.87. The summed E-state index contributed by atoms with van der Waals surface area (Å²) < 4.78 is 5.43. The van der Waals surface area contributed by atoms with Crippen LogP contribution in [0.1, 0.15) is 24.1 Å².